The van der Waals surface area contributed by atoms with Crippen LogP contribution in [0.3, 0.4) is 0 Å². The van der Waals surface area contributed by atoms with E-state index in [2.05, 4.69) is 20.1 Å². The van der Waals surface area contributed by atoms with Crippen molar-refractivity contribution in [2.75, 3.05) is 12.4 Å². The molecule has 1 amide bonds. The van der Waals surface area contributed by atoms with Crippen molar-refractivity contribution < 1.29 is 19.2 Å². The SMILES string of the molecule is COC(=O)Cn1cc(NC(=O)c2ccc([N+](=O)[O-])[nH]2)cn1. The third-order valence-electron chi connectivity index (χ3n) is 2.52. The van der Waals surface area contributed by atoms with Crippen LogP contribution in [0, 0.1) is 10.1 Å². The summed E-state index contributed by atoms with van der Waals surface area (Å²) in [5, 5.41) is 16.9. The average molecular weight is 293 g/mol. The molecular weight excluding hydrogens is 282 g/mol. The maximum absolute atomic E-state index is 11.8. The van der Waals surface area contributed by atoms with Crippen molar-refractivity contribution in [3.05, 3.63) is 40.3 Å². The Bertz CT molecular complexity index is 689. The average Bonchev–Trinajstić information content (AvgIpc) is 3.07. The monoisotopic (exact) mass is 293 g/mol. The van der Waals surface area contributed by atoms with Gasteiger partial charge < -0.3 is 20.2 Å². The lowest BCUT2D eigenvalue weighted by Gasteiger charge is -1.99. The summed E-state index contributed by atoms with van der Waals surface area (Å²) in [5.41, 5.74) is 0.392. The zero-order chi connectivity index (χ0) is 15.4. The van der Waals surface area contributed by atoms with Crippen LogP contribution < -0.4 is 5.32 Å². The van der Waals surface area contributed by atoms with Crippen molar-refractivity contribution in [3.8, 4) is 0 Å². The molecule has 0 aliphatic rings. The topological polar surface area (TPSA) is 132 Å². The molecular formula is C11H11N5O5. The molecule has 110 valence electrons. The summed E-state index contributed by atoms with van der Waals surface area (Å²) in [4.78, 5) is 35.2. The molecule has 0 unspecified atom stereocenters. The first kappa shape index (κ1) is 14.2. The number of hydrogen-bond donors (Lipinski definition) is 2. The van der Waals surface area contributed by atoms with Crippen LogP contribution in [-0.4, -0.2) is 38.7 Å². The Hall–Kier alpha value is -3.17. The number of nitrogens with one attached hydrogen (secondary N) is 2. The second kappa shape index (κ2) is 5.86. The van der Waals surface area contributed by atoms with Gasteiger partial charge >= 0.3 is 11.8 Å². The van der Waals surface area contributed by atoms with Gasteiger partial charge in [-0.05, 0) is 11.0 Å². The van der Waals surface area contributed by atoms with E-state index in [1.165, 1.54) is 36.3 Å². The minimum atomic E-state index is -0.634. The van der Waals surface area contributed by atoms with E-state index in [4.69, 9.17) is 0 Å². The minimum absolute atomic E-state index is 0.0439. The molecule has 0 aromatic carbocycles. The van der Waals surface area contributed by atoms with Gasteiger partial charge in [-0.3, -0.25) is 14.3 Å². The quantitative estimate of drug-likeness (QED) is 0.470. The lowest BCUT2D eigenvalue weighted by Crippen LogP contribution is -2.13. The fraction of sp³-hybridized carbons (Fsp3) is 0.182. The fourth-order valence-corrected chi connectivity index (χ4v) is 1.53. The molecule has 0 aliphatic carbocycles. The Balaban J connectivity index is 2.02. The lowest BCUT2D eigenvalue weighted by molar-refractivity contribution is -0.389. The number of H-pyrrole nitrogens is 1. The number of carbonyl (C=O) groups excluding carboxylic acids is 2. The van der Waals surface area contributed by atoms with Gasteiger partial charge in [0.05, 0.1) is 19.0 Å². The van der Waals surface area contributed by atoms with Crippen LogP contribution in [0.1, 0.15) is 10.5 Å². The van der Waals surface area contributed by atoms with Crippen molar-refractivity contribution in [1.29, 1.82) is 0 Å². The molecule has 0 bridgehead atoms. The van der Waals surface area contributed by atoms with Crippen molar-refractivity contribution in [1.82, 2.24) is 14.8 Å². The predicted octanol–water partition coefficient (Wildman–Crippen LogP) is 0.545. The molecule has 2 aromatic heterocycles. The molecule has 2 aromatic rings. The highest BCUT2D eigenvalue weighted by molar-refractivity contribution is 6.03. The number of hydrogen-bond acceptors (Lipinski definition) is 6. The zero-order valence-electron chi connectivity index (χ0n) is 10.9. The number of esters is 1. The Morgan fingerprint density at radius 2 is 2.29 bits per heavy atom. The third kappa shape index (κ3) is 3.43. The van der Waals surface area contributed by atoms with E-state index in [1.807, 2.05) is 0 Å². The van der Waals surface area contributed by atoms with Crippen LogP contribution in [0.4, 0.5) is 11.5 Å². The Kier molecular flexibility index (Phi) is 3.97. The minimum Gasteiger partial charge on any atom is -0.468 e. The van der Waals surface area contributed by atoms with Crippen molar-refractivity contribution >= 4 is 23.4 Å². The summed E-state index contributed by atoms with van der Waals surface area (Å²) in [6.45, 7) is -0.0830. The van der Waals surface area contributed by atoms with Crippen molar-refractivity contribution in [2.45, 2.75) is 6.54 Å². The Morgan fingerprint density at radius 1 is 1.52 bits per heavy atom. The molecule has 2 heterocycles. The highest BCUT2D eigenvalue weighted by Gasteiger charge is 2.16. The number of methoxy groups -OCH3 is 1. The molecule has 2 N–H and O–H groups in total. The predicted molar refractivity (Wildman–Crippen MR) is 69.6 cm³/mol. The first-order chi connectivity index (χ1) is 9.99. The van der Waals surface area contributed by atoms with Crippen LogP contribution in [0.25, 0.3) is 0 Å². The molecule has 0 saturated heterocycles. The van der Waals surface area contributed by atoms with Crippen molar-refractivity contribution in [3.63, 3.8) is 0 Å². The number of ether oxygens (including phenoxy) is 1. The molecule has 0 radical (unpaired) electrons. The summed E-state index contributed by atoms with van der Waals surface area (Å²) in [6, 6.07) is 2.49. The first-order valence-electron chi connectivity index (χ1n) is 5.73. The van der Waals surface area contributed by atoms with Gasteiger partial charge in [0.2, 0.25) is 0 Å². The maximum Gasteiger partial charge on any atom is 0.327 e. The van der Waals surface area contributed by atoms with E-state index >= 15 is 0 Å². The van der Waals surface area contributed by atoms with Gasteiger partial charge in [-0.2, -0.15) is 5.10 Å². The second-order valence-electron chi connectivity index (χ2n) is 3.97. The number of aromatic nitrogens is 3. The zero-order valence-corrected chi connectivity index (χ0v) is 10.9. The van der Waals surface area contributed by atoms with Gasteiger partial charge in [0, 0.05) is 12.3 Å². The third-order valence-corrected chi connectivity index (χ3v) is 2.52. The van der Waals surface area contributed by atoms with E-state index in [1.54, 1.807) is 0 Å². The number of amides is 1. The molecule has 21 heavy (non-hydrogen) atoms. The van der Waals surface area contributed by atoms with Gasteiger partial charge in [0.25, 0.3) is 5.91 Å². The number of anilines is 1. The molecule has 2 rings (SSSR count). The summed E-state index contributed by atoms with van der Waals surface area (Å²) in [6.07, 6.45) is 2.78. The summed E-state index contributed by atoms with van der Waals surface area (Å²) < 4.78 is 5.77. The highest BCUT2D eigenvalue weighted by Crippen LogP contribution is 2.12. The standard InChI is InChI=1S/C11H11N5O5/c1-21-10(17)6-15-5-7(4-12-15)13-11(18)8-2-3-9(14-8)16(19)20/h2-5,14H,6H2,1H3,(H,13,18). The number of carbonyl (C=O) groups is 2. The van der Waals surface area contributed by atoms with Crippen LogP contribution in [0.15, 0.2) is 24.5 Å². The van der Waals surface area contributed by atoms with E-state index < -0.39 is 16.8 Å². The number of aromatic amines is 1. The van der Waals surface area contributed by atoms with E-state index in [0.29, 0.717) is 5.69 Å². The molecule has 0 atom stereocenters. The number of nitrogens with zero attached hydrogens (tertiary/aromatic N) is 3. The van der Waals surface area contributed by atoms with Gasteiger partial charge in [-0.25, -0.2) is 4.98 Å². The molecule has 0 aliphatic heterocycles. The molecule has 10 heteroatoms. The van der Waals surface area contributed by atoms with Crippen LogP contribution in [-0.2, 0) is 16.1 Å². The Morgan fingerprint density at radius 3 is 2.90 bits per heavy atom. The van der Waals surface area contributed by atoms with Gasteiger partial charge in [-0.15, -0.1) is 0 Å². The van der Waals surface area contributed by atoms with Gasteiger partial charge in [0.1, 0.15) is 6.54 Å². The number of rotatable bonds is 5. The Labute approximate surface area is 117 Å². The molecule has 0 saturated carbocycles. The van der Waals surface area contributed by atoms with Crippen LogP contribution >= 0.6 is 0 Å². The van der Waals surface area contributed by atoms with Crippen molar-refractivity contribution in [2.24, 2.45) is 0 Å². The van der Waals surface area contributed by atoms with Gasteiger partial charge in [0.15, 0.2) is 5.69 Å². The van der Waals surface area contributed by atoms with Gasteiger partial charge in [-0.1, -0.05) is 0 Å². The summed E-state index contributed by atoms with van der Waals surface area (Å²) in [5.74, 6) is -1.31. The largest absolute Gasteiger partial charge is 0.468 e. The lowest BCUT2D eigenvalue weighted by atomic mass is 10.4. The van der Waals surface area contributed by atoms with Crippen LogP contribution in [0.5, 0.6) is 0 Å². The van der Waals surface area contributed by atoms with Crippen LogP contribution in [0.2, 0.25) is 0 Å². The fourth-order valence-electron chi connectivity index (χ4n) is 1.53. The number of nitro groups is 1. The highest BCUT2D eigenvalue weighted by atomic mass is 16.6. The molecule has 10 nitrogen and oxygen atoms in total. The van der Waals surface area contributed by atoms with E-state index in [0.717, 1.165) is 0 Å². The summed E-state index contributed by atoms with van der Waals surface area (Å²) in [7, 11) is 1.26. The van der Waals surface area contributed by atoms with E-state index in [9.17, 15) is 19.7 Å². The summed E-state index contributed by atoms with van der Waals surface area (Å²) >= 11 is 0. The smallest absolute Gasteiger partial charge is 0.327 e. The molecule has 0 fully saturated rings. The normalized spacial score (nSPS) is 10.1. The maximum atomic E-state index is 11.8. The first-order valence-corrected chi connectivity index (χ1v) is 5.73. The molecule has 0 spiro atoms. The second-order valence-corrected chi connectivity index (χ2v) is 3.97. The van der Waals surface area contributed by atoms with E-state index in [-0.39, 0.29) is 18.1 Å².